The number of nitrogens with one attached hydrogen (secondary N) is 1. The summed E-state index contributed by atoms with van der Waals surface area (Å²) in [6, 6.07) is 20.8. The van der Waals surface area contributed by atoms with Crippen molar-refractivity contribution in [2.75, 3.05) is 12.3 Å². The number of quaternary nitrogens is 1. The van der Waals surface area contributed by atoms with Crippen molar-refractivity contribution in [1.82, 2.24) is 9.55 Å². The highest BCUT2D eigenvalue weighted by Gasteiger charge is 2.27. The number of benzene rings is 2. The zero-order chi connectivity index (χ0) is 21.9. The molecule has 0 aliphatic carbocycles. The van der Waals surface area contributed by atoms with E-state index in [1.807, 2.05) is 28.8 Å². The van der Waals surface area contributed by atoms with Gasteiger partial charge in [0.15, 0.2) is 5.16 Å². The van der Waals surface area contributed by atoms with Gasteiger partial charge in [-0.25, -0.2) is 4.98 Å². The van der Waals surface area contributed by atoms with Crippen LogP contribution in [0.1, 0.15) is 21.6 Å². The Balaban J connectivity index is 1.52. The fraction of sp³-hybridized carbons (Fsp3) is 0.231. The molecule has 0 bridgehead atoms. The first kappa shape index (κ1) is 21.2. The third-order valence-electron chi connectivity index (χ3n) is 5.91. The maximum atomic E-state index is 13.7. The van der Waals surface area contributed by atoms with Gasteiger partial charge in [-0.05, 0) is 11.1 Å². The van der Waals surface area contributed by atoms with Crippen LogP contribution in [0.4, 0.5) is 0 Å². The molecule has 1 atom stereocenters. The third kappa shape index (κ3) is 4.31. The molecule has 1 aliphatic heterocycles. The van der Waals surface area contributed by atoms with Crippen molar-refractivity contribution >= 4 is 33.3 Å². The lowest BCUT2D eigenvalue weighted by atomic mass is 10.0. The Morgan fingerprint density at radius 2 is 1.81 bits per heavy atom. The molecule has 4 nitrogen and oxygen atoms in total. The van der Waals surface area contributed by atoms with Gasteiger partial charge in [-0.15, -0.1) is 17.9 Å². The van der Waals surface area contributed by atoms with Crippen LogP contribution in [-0.2, 0) is 26.1 Å². The topological polar surface area (TPSA) is 39.3 Å². The van der Waals surface area contributed by atoms with Gasteiger partial charge in [-0.2, -0.15) is 0 Å². The number of thiophene rings is 1. The molecular formula is C26H26N3OS2+. The maximum absolute atomic E-state index is 13.7. The third-order valence-corrected chi connectivity index (χ3v) is 8.01. The monoisotopic (exact) mass is 460 g/mol. The summed E-state index contributed by atoms with van der Waals surface area (Å²) in [4.78, 5) is 22.4. The van der Waals surface area contributed by atoms with Crippen molar-refractivity contribution in [3.05, 3.63) is 105 Å². The molecule has 32 heavy (non-hydrogen) atoms. The molecule has 1 unspecified atom stereocenters. The van der Waals surface area contributed by atoms with Gasteiger partial charge in [-0.3, -0.25) is 9.36 Å². The Hall–Kier alpha value is -2.67. The minimum absolute atomic E-state index is 0.0921. The second-order valence-corrected chi connectivity index (χ2v) is 10.2. The number of aromatic nitrogens is 2. The van der Waals surface area contributed by atoms with Gasteiger partial charge in [0.1, 0.15) is 17.9 Å². The first-order valence-corrected chi connectivity index (χ1v) is 12.7. The number of nitrogens with zero attached hydrogens (tertiary/aromatic N) is 2. The van der Waals surface area contributed by atoms with Gasteiger partial charge in [0, 0.05) is 17.7 Å². The van der Waals surface area contributed by atoms with Crippen molar-refractivity contribution in [3.63, 3.8) is 0 Å². The predicted octanol–water partition coefficient (Wildman–Crippen LogP) is 3.93. The minimum atomic E-state index is 0.0921. The quantitative estimate of drug-likeness (QED) is 0.258. The lowest BCUT2D eigenvalue weighted by Crippen LogP contribution is -3.10. The van der Waals surface area contributed by atoms with E-state index in [4.69, 9.17) is 4.98 Å². The number of hydrogen-bond donors (Lipinski definition) is 1. The van der Waals surface area contributed by atoms with Gasteiger partial charge in [0.05, 0.1) is 23.4 Å². The number of hydrogen-bond acceptors (Lipinski definition) is 4. The van der Waals surface area contributed by atoms with Crippen LogP contribution in [-0.4, -0.2) is 21.8 Å². The molecule has 0 saturated heterocycles. The normalized spacial score (nSPS) is 15.6. The second kappa shape index (κ2) is 9.45. The van der Waals surface area contributed by atoms with Crippen LogP contribution in [0.5, 0.6) is 0 Å². The molecule has 2 aromatic heterocycles. The van der Waals surface area contributed by atoms with Crippen LogP contribution in [0.3, 0.4) is 0 Å². The van der Waals surface area contributed by atoms with E-state index in [1.165, 1.54) is 16.0 Å². The van der Waals surface area contributed by atoms with Gasteiger partial charge >= 0.3 is 0 Å². The molecule has 0 fully saturated rings. The summed E-state index contributed by atoms with van der Waals surface area (Å²) in [5, 5.41) is 1.61. The zero-order valence-corrected chi connectivity index (χ0v) is 19.6. The van der Waals surface area contributed by atoms with E-state index in [2.05, 4.69) is 49.0 Å². The molecule has 162 valence electrons. The molecule has 5 rings (SSSR count). The number of rotatable bonds is 7. The zero-order valence-electron chi connectivity index (χ0n) is 17.9. The summed E-state index contributed by atoms with van der Waals surface area (Å²) < 4.78 is 1.85. The van der Waals surface area contributed by atoms with Gasteiger partial charge < -0.3 is 4.90 Å². The van der Waals surface area contributed by atoms with Crippen LogP contribution in [0.15, 0.2) is 83.3 Å². The molecular weight excluding hydrogens is 434 g/mol. The molecule has 0 spiro atoms. The average molecular weight is 461 g/mol. The van der Waals surface area contributed by atoms with E-state index in [1.54, 1.807) is 28.0 Å². The smallest absolute Gasteiger partial charge is 0.263 e. The average Bonchev–Trinajstić information content (AvgIpc) is 3.19. The molecule has 1 aliphatic rings. The first-order chi connectivity index (χ1) is 15.7. The number of fused-ring (bicyclic) bond motifs is 3. The van der Waals surface area contributed by atoms with Crippen LogP contribution in [0, 0.1) is 0 Å². The van der Waals surface area contributed by atoms with Crippen molar-refractivity contribution in [1.29, 1.82) is 0 Å². The standard InChI is InChI=1S/C26H25N3OS2/c1-2-15-31-26-27-24-23(25(30)29(26)17-20-11-7-4-8-12-20)21-13-14-28(18-22(21)32-24)16-19-9-5-3-6-10-19/h2-12H,1,13-18H2/p+1. The molecule has 1 N–H and O–H groups in total. The minimum Gasteiger partial charge on any atom is -0.326 e. The van der Waals surface area contributed by atoms with Gasteiger partial charge in [-0.1, -0.05) is 78.5 Å². The first-order valence-electron chi connectivity index (χ1n) is 10.9. The Morgan fingerprint density at radius 1 is 1.09 bits per heavy atom. The van der Waals surface area contributed by atoms with E-state index >= 15 is 0 Å². The van der Waals surface area contributed by atoms with E-state index < -0.39 is 0 Å². The Morgan fingerprint density at radius 3 is 2.53 bits per heavy atom. The predicted molar refractivity (Wildman–Crippen MR) is 134 cm³/mol. The summed E-state index contributed by atoms with van der Waals surface area (Å²) in [5.41, 5.74) is 3.79. The molecule has 6 heteroatoms. The summed E-state index contributed by atoms with van der Waals surface area (Å²) in [7, 11) is 0. The second-order valence-electron chi connectivity index (χ2n) is 8.14. The van der Waals surface area contributed by atoms with Gasteiger partial charge in [0.25, 0.3) is 5.56 Å². The van der Waals surface area contributed by atoms with E-state index in [9.17, 15) is 4.79 Å². The van der Waals surface area contributed by atoms with E-state index in [-0.39, 0.29) is 5.56 Å². The SMILES string of the molecule is C=CCSc1nc2sc3c(c2c(=O)n1Cc1ccccc1)CC[NH+](Cc1ccccc1)C3. The van der Waals surface area contributed by atoms with Crippen molar-refractivity contribution < 1.29 is 4.90 Å². The lowest BCUT2D eigenvalue weighted by Gasteiger charge is -2.24. The molecule has 3 heterocycles. The van der Waals surface area contributed by atoms with Crippen molar-refractivity contribution in [2.45, 2.75) is 31.2 Å². The highest BCUT2D eigenvalue weighted by Crippen LogP contribution is 2.31. The van der Waals surface area contributed by atoms with E-state index in [0.29, 0.717) is 6.54 Å². The molecule has 0 saturated carbocycles. The fourth-order valence-corrected chi connectivity index (χ4v) is 6.44. The summed E-state index contributed by atoms with van der Waals surface area (Å²) in [5.74, 6) is 0.729. The van der Waals surface area contributed by atoms with Crippen LogP contribution in [0.2, 0.25) is 0 Å². The number of thioether (sulfide) groups is 1. The summed E-state index contributed by atoms with van der Waals surface area (Å²) in [6.45, 7) is 7.39. The summed E-state index contributed by atoms with van der Waals surface area (Å²) >= 11 is 3.29. The maximum Gasteiger partial charge on any atom is 0.263 e. The van der Waals surface area contributed by atoms with E-state index in [0.717, 1.165) is 52.7 Å². The van der Waals surface area contributed by atoms with Crippen molar-refractivity contribution in [2.24, 2.45) is 0 Å². The molecule has 0 radical (unpaired) electrons. The molecule has 0 amide bonds. The highest BCUT2D eigenvalue weighted by molar-refractivity contribution is 7.99. The van der Waals surface area contributed by atoms with Crippen LogP contribution in [0.25, 0.3) is 10.2 Å². The van der Waals surface area contributed by atoms with Crippen LogP contribution < -0.4 is 10.5 Å². The van der Waals surface area contributed by atoms with Gasteiger partial charge in [0.2, 0.25) is 0 Å². The Bertz CT molecular complexity index is 1300. The Labute approximate surface area is 196 Å². The lowest BCUT2D eigenvalue weighted by molar-refractivity contribution is -0.929. The Kier molecular flexibility index (Phi) is 6.26. The van der Waals surface area contributed by atoms with Crippen LogP contribution >= 0.6 is 23.1 Å². The molecule has 2 aromatic carbocycles. The summed E-state index contributed by atoms with van der Waals surface area (Å²) in [6.07, 6.45) is 2.79. The molecule has 4 aromatic rings. The largest absolute Gasteiger partial charge is 0.326 e. The van der Waals surface area contributed by atoms with Crippen molar-refractivity contribution in [3.8, 4) is 0 Å². The fourth-order valence-electron chi connectivity index (χ4n) is 4.38. The highest BCUT2D eigenvalue weighted by atomic mass is 32.2.